The first-order valence-electron chi connectivity index (χ1n) is 12.6. The summed E-state index contributed by atoms with van der Waals surface area (Å²) in [6.45, 7) is 15.0. The van der Waals surface area contributed by atoms with E-state index in [1.165, 1.54) is 18.2 Å². The lowest BCUT2D eigenvalue weighted by molar-refractivity contribution is -0.139. The third kappa shape index (κ3) is 12.7. The van der Waals surface area contributed by atoms with Crippen molar-refractivity contribution in [3.8, 4) is 11.5 Å². The summed E-state index contributed by atoms with van der Waals surface area (Å²) in [5, 5.41) is 9.63. The Hall–Kier alpha value is -3.54. The van der Waals surface area contributed by atoms with Gasteiger partial charge in [-0.05, 0) is 85.9 Å². The normalized spacial score (nSPS) is 14.7. The van der Waals surface area contributed by atoms with Gasteiger partial charge in [-0.15, -0.1) is 0 Å². The number of benzene rings is 1. The maximum atomic E-state index is 12.4. The molecule has 39 heavy (non-hydrogen) atoms. The van der Waals surface area contributed by atoms with Gasteiger partial charge in [0.25, 0.3) is 0 Å². The van der Waals surface area contributed by atoms with Crippen LogP contribution >= 0.6 is 0 Å². The largest absolute Gasteiger partial charge is 0.514 e. The number of carbonyl (C=O) groups excluding carboxylic acids is 3. The van der Waals surface area contributed by atoms with E-state index in [2.05, 4.69) is 0 Å². The number of ether oxygens (including phenoxy) is 6. The SMILES string of the molecule is CCC(C)OC(=O)OC(C)CC(c1ccc(OC(=O)OC(C)(C)C)c(OC(=O)OC(C)(C)C)c1)[C@H](N)C(=O)O. The minimum absolute atomic E-state index is 0.0127. The molecule has 0 aliphatic heterocycles. The van der Waals surface area contributed by atoms with Gasteiger partial charge < -0.3 is 39.3 Å². The third-order valence-electron chi connectivity index (χ3n) is 5.04. The smallest absolute Gasteiger partial charge is 0.480 e. The van der Waals surface area contributed by atoms with Crippen molar-refractivity contribution in [2.24, 2.45) is 5.73 Å². The highest BCUT2D eigenvalue weighted by Gasteiger charge is 2.31. The van der Waals surface area contributed by atoms with Crippen molar-refractivity contribution < 1.29 is 52.7 Å². The molecule has 1 aromatic carbocycles. The number of hydrogen-bond donors (Lipinski definition) is 2. The van der Waals surface area contributed by atoms with Crippen LogP contribution in [0.3, 0.4) is 0 Å². The molecule has 0 aromatic heterocycles. The lowest BCUT2D eigenvalue weighted by Gasteiger charge is -2.26. The molecule has 0 saturated carbocycles. The van der Waals surface area contributed by atoms with Crippen molar-refractivity contribution in [1.29, 1.82) is 0 Å². The first kappa shape index (κ1) is 33.5. The topological polar surface area (TPSA) is 170 Å². The minimum atomic E-state index is -1.42. The number of nitrogens with two attached hydrogens (primary N) is 1. The molecule has 0 bridgehead atoms. The molecule has 1 rings (SSSR count). The van der Waals surface area contributed by atoms with Gasteiger partial charge >= 0.3 is 24.4 Å². The van der Waals surface area contributed by atoms with E-state index in [1.807, 2.05) is 6.92 Å². The van der Waals surface area contributed by atoms with Gasteiger partial charge in [-0.2, -0.15) is 0 Å². The summed E-state index contributed by atoms with van der Waals surface area (Å²) >= 11 is 0. The lowest BCUT2D eigenvalue weighted by Crippen LogP contribution is -2.38. The standard InChI is InChI=1S/C27H41NO11/c1-10-15(2)34-23(31)35-16(3)13-18(21(28)22(29)30)17-11-12-19(36-24(32)38-26(4,5)6)20(14-17)37-25(33)39-27(7,8)9/h11-12,14-16,18,21H,10,13,28H2,1-9H3,(H,29,30)/t15?,16?,18?,21-/m0/s1. The monoisotopic (exact) mass is 555 g/mol. The zero-order valence-electron chi connectivity index (χ0n) is 24.1. The number of carboxylic acids is 1. The number of hydrogen-bond acceptors (Lipinski definition) is 11. The molecule has 0 aliphatic rings. The predicted molar refractivity (Wildman–Crippen MR) is 140 cm³/mol. The van der Waals surface area contributed by atoms with Gasteiger partial charge in [-0.3, -0.25) is 4.79 Å². The molecule has 12 heteroatoms. The van der Waals surface area contributed by atoms with Crippen molar-refractivity contribution in [1.82, 2.24) is 0 Å². The maximum absolute atomic E-state index is 12.4. The van der Waals surface area contributed by atoms with Crippen molar-refractivity contribution in [2.75, 3.05) is 0 Å². The molecular formula is C27H41NO11. The fraction of sp³-hybridized carbons (Fsp3) is 0.630. The van der Waals surface area contributed by atoms with Gasteiger partial charge in [0, 0.05) is 5.92 Å². The Balaban J connectivity index is 3.36. The number of rotatable bonds is 10. The molecule has 3 N–H and O–H groups in total. The summed E-state index contributed by atoms with van der Waals surface area (Å²) in [6.07, 6.45) is -3.59. The van der Waals surface area contributed by atoms with E-state index in [-0.39, 0.29) is 24.0 Å². The van der Waals surface area contributed by atoms with Crippen LogP contribution in [0.2, 0.25) is 0 Å². The van der Waals surface area contributed by atoms with Crippen LogP contribution in [0.1, 0.15) is 86.6 Å². The van der Waals surface area contributed by atoms with Crippen LogP contribution in [0.4, 0.5) is 14.4 Å². The van der Waals surface area contributed by atoms with E-state index in [0.29, 0.717) is 12.0 Å². The molecule has 0 amide bonds. The molecule has 0 heterocycles. The average Bonchev–Trinajstić information content (AvgIpc) is 2.75. The van der Waals surface area contributed by atoms with E-state index in [4.69, 9.17) is 34.2 Å². The first-order chi connectivity index (χ1) is 17.8. The molecule has 0 fully saturated rings. The van der Waals surface area contributed by atoms with Crippen LogP contribution in [-0.4, -0.2) is 59.0 Å². The summed E-state index contributed by atoms with van der Waals surface area (Å²) in [5.41, 5.74) is 4.56. The van der Waals surface area contributed by atoms with Gasteiger partial charge in [0.2, 0.25) is 0 Å². The Morgan fingerprint density at radius 3 is 1.77 bits per heavy atom. The third-order valence-corrected chi connectivity index (χ3v) is 5.04. The summed E-state index contributed by atoms with van der Waals surface area (Å²) in [5.74, 6) is -2.63. The molecular weight excluding hydrogens is 514 g/mol. The summed E-state index contributed by atoms with van der Waals surface area (Å²) in [7, 11) is 0. The molecule has 4 atom stereocenters. The zero-order valence-corrected chi connectivity index (χ0v) is 24.1. The summed E-state index contributed by atoms with van der Waals surface area (Å²) in [6, 6.07) is 2.65. The predicted octanol–water partition coefficient (Wildman–Crippen LogP) is 5.54. The molecule has 0 spiro atoms. The first-order valence-corrected chi connectivity index (χ1v) is 12.6. The van der Waals surface area contributed by atoms with E-state index in [1.54, 1.807) is 55.4 Å². The highest BCUT2D eigenvalue weighted by molar-refractivity contribution is 5.75. The van der Waals surface area contributed by atoms with Gasteiger partial charge in [0.05, 0.1) is 0 Å². The summed E-state index contributed by atoms with van der Waals surface area (Å²) < 4.78 is 31.3. The van der Waals surface area contributed by atoms with Crippen molar-refractivity contribution in [3.63, 3.8) is 0 Å². The van der Waals surface area contributed by atoms with E-state index in [9.17, 15) is 24.3 Å². The molecule has 220 valence electrons. The second-order valence-electron chi connectivity index (χ2n) is 11.1. The molecule has 1 aromatic rings. The maximum Gasteiger partial charge on any atom is 0.514 e. The number of carbonyl (C=O) groups is 4. The molecule has 0 radical (unpaired) electrons. The van der Waals surface area contributed by atoms with Crippen LogP contribution in [0.15, 0.2) is 18.2 Å². The Kier molecular flexibility index (Phi) is 12.0. The van der Waals surface area contributed by atoms with Crippen LogP contribution < -0.4 is 15.2 Å². The van der Waals surface area contributed by atoms with Crippen molar-refractivity contribution >= 4 is 24.4 Å². The number of carboxylic acid groups (broad SMARTS) is 1. The Labute approximate surface area is 229 Å². The molecule has 3 unspecified atom stereocenters. The van der Waals surface area contributed by atoms with Gasteiger partial charge in [0.1, 0.15) is 29.5 Å². The Morgan fingerprint density at radius 1 is 0.821 bits per heavy atom. The van der Waals surface area contributed by atoms with Crippen LogP contribution in [0, 0.1) is 0 Å². The van der Waals surface area contributed by atoms with Gasteiger partial charge in [-0.25, -0.2) is 14.4 Å². The highest BCUT2D eigenvalue weighted by Crippen LogP contribution is 2.35. The second kappa shape index (κ2) is 14.0. The fourth-order valence-electron chi connectivity index (χ4n) is 3.15. The molecule has 0 aliphatic carbocycles. The quantitative estimate of drug-likeness (QED) is 0.210. The second-order valence-corrected chi connectivity index (χ2v) is 11.1. The fourth-order valence-corrected chi connectivity index (χ4v) is 3.15. The van der Waals surface area contributed by atoms with Gasteiger partial charge in [-0.1, -0.05) is 13.0 Å². The molecule has 0 saturated heterocycles. The van der Waals surface area contributed by atoms with E-state index < -0.39 is 53.7 Å². The van der Waals surface area contributed by atoms with Crippen LogP contribution in [0.5, 0.6) is 11.5 Å². The highest BCUT2D eigenvalue weighted by atomic mass is 16.8. The summed E-state index contributed by atoms with van der Waals surface area (Å²) in [4.78, 5) is 48.6. The van der Waals surface area contributed by atoms with Crippen LogP contribution in [0.25, 0.3) is 0 Å². The van der Waals surface area contributed by atoms with Gasteiger partial charge in [0.15, 0.2) is 11.5 Å². The minimum Gasteiger partial charge on any atom is -0.480 e. The lowest BCUT2D eigenvalue weighted by atomic mass is 9.87. The van der Waals surface area contributed by atoms with E-state index in [0.717, 1.165) is 0 Å². The van der Waals surface area contributed by atoms with Crippen molar-refractivity contribution in [2.45, 2.75) is 111 Å². The van der Waals surface area contributed by atoms with Crippen molar-refractivity contribution in [3.05, 3.63) is 23.8 Å². The Morgan fingerprint density at radius 2 is 1.31 bits per heavy atom. The Bertz CT molecular complexity index is 1010. The molecule has 12 nitrogen and oxygen atoms in total. The number of aliphatic carboxylic acids is 1. The zero-order chi connectivity index (χ0) is 30.1. The van der Waals surface area contributed by atoms with E-state index >= 15 is 0 Å². The van der Waals surface area contributed by atoms with Crippen LogP contribution in [-0.2, 0) is 23.7 Å². The average molecular weight is 556 g/mol.